The molecule has 2 aliphatic rings. The van der Waals surface area contributed by atoms with Crippen molar-refractivity contribution in [3.8, 4) is 0 Å². The maximum absolute atomic E-state index is 13.4. The molecule has 0 aromatic rings. The van der Waals surface area contributed by atoms with Crippen LogP contribution >= 0.6 is 0 Å². The molecule has 14 heteroatoms. The Balaban J connectivity index is 1.60. The number of carbonyl (C=O) groups is 1. The molecule has 574 valence electrons. The van der Waals surface area contributed by atoms with Crippen LogP contribution in [0.5, 0.6) is 0 Å². The minimum atomic E-state index is -1.79. The Hall–Kier alpha value is -2.31. The fourth-order valence-electron chi connectivity index (χ4n) is 13.7. The van der Waals surface area contributed by atoms with Crippen LogP contribution in [0.3, 0.4) is 0 Å². The van der Waals surface area contributed by atoms with Gasteiger partial charge in [-0.1, -0.05) is 370 Å². The molecule has 0 aromatic carbocycles. The van der Waals surface area contributed by atoms with Crippen molar-refractivity contribution in [3.05, 3.63) is 60.8 Å². The largest absolute Gasteiger partial charge is 0.394 e. The van der Waals surface area contributed by atoms with Crippen molar-refractivity contribution in [2.45, 2.75) is 447 Å². The van der Waals surface area contributed by atoms with Gasteiger partial charge in [0, 0.05) is 6.42 Å². The summed E-state index contributed by atoms with van der Waals surface area (Å²) < 4.78 is 22.9. The number of aliphatic hydroxyl groups is 8. The van der Waals surface area contributed by atoms with Crippen molar-refractivity contribution in [1.82, 2.24) is 5.32 Å². The standard InChI is InChI=1S/C84H155NO13/c1-3-5-7-9-11-13-15-17-19-21-23-25-27-29-31-33-35-36-38-39-41-43-45-47-49-51-53-55-57-59-61-63-65-67-73(88)72(71-95-83-81(94)79(92)82(75(70-87)97-83)98-84-80(93)78(91)77(90)74(69-86)96-84)85-76(89)68-66-64-62-60-58-56-54-52-50-48-46-44-42-40-37-34-32-30-28-26-24-22-20-18-16-14-12-10-8-6-4-2/h6,8,12,14,18,20,24,26,65,67,72-75,77-84,86-88,90-94H,3-5,7,9-11,13,15-17,19,21-23,25,27-64,66,68-71H2,1-2H3,(H,85,89)/b8-6-,14-12-,20-18-,26-24-,67-65+. The molecule has 9 N–H and O–H groups in total. The van der Waals surface area contributed by atoms with Crippen molar-refractivity contribution >= 4 is 5.91 Å². The summed E-state index contributed by atoms with van der Waals surface area (Å²) in [6.45, 7) is 2.75. The monoisotopic (exact) mass is 1390 g/mol. The second-order valence-corrected chi connectivity index (χ2v) is 29.2. The zero-order valence-corrected chi connectivity index (χ0v) is 63.0. The zero-order chi connectivity index (χ0) is 70.8. The first-order valence-corrected chi connectivity index (χ1v) is 41.5. The summed E-state index contributed by atoms with van der Waals surface area (Å²) in [4.78, 5) is 13.4. The maximum Gasteiger partial charge on any atom is 0.220 e. The van der Waals surface area contributed by atoms with Crippen LogP contribution in [0.15, 0.2) is 60.8 Å². The van der Waals surface area contributed by atoms with Crippen LogP contribution < -0.4 is 5.32 Å². The summed E-state index contributed by atoms with van der Waals surface area (Å²) in [6, 6.07) is -0.918. The van der Waals surface area contributed by atoms with Gasteiger partial charge in [-0.15, -0.1) is 0 Å². The molecule has 0 spiro atoms. The van der Waals surface area contributed by atoms with E-state index in [1.165, 1.54) is 283 Å². The van der Waals surface area contributed by atoms with Gasteiger partial charge in [-0.3, -0.25) is 4.79 Å². The van der Waals surface area contributed by atoms with Gasteiger partial charge in [0.1, 0.15) is 48.8 Å². The topological polar surface area (TPSA) is 228 Å². The van der Waals surface area contributed by atoms with Crippen LogP contribution in [0.2, 0.25) is 0 Å². The van der Waals surface area contributed by atoms with Gasteiger partial charge in [-0.2, -0.15) is 0 Å². The lowest BCUT2D eigenvalue weighted by atomic mass is 9.97. The molecule has 12 unspecified atom stereocenters. The lowest BCUT2D eigenvalue weighted by molar-refractivity contribution is -0.359. The van der Waals surface area contributed by atoms with Crippen molar-refractivity contribution < 1.29 is 64.6 Å². The van der Waals surface area contributed by atoms with Gasteiger partial charge in [0.05, 0.1) is 32.0 Å². The molecule has 2 saturated heterocycles. The number of hydrogen-bond acceptors (Lipinski definition) is 13. The maximum atomic E-state index is 13.4. The first-order chi connectivity index (χ1) is 48.1. The van der Waals surface area contributed by atoms with E-state index in [0.29, 0.717) is 6.42 Å². The Morgan fingerprint density at radius 2 is 0.704 bits per heavy atom. The summed E-state index contributed by atoms with van der Waals surface area (Å²) in [5, 5.41) is 87.8. The van der Waals surface area contributed by atoms with E-state index in [-0.39, 0.29) is 18.9 Å². The SMILES string of the molecule is CC/C=C\C/C=C\C/C=C\C/C=C\CCCCCCCCCCCCCCCCCCCCC(=O)NC(COC1OC(CO)C(OC2OC(CO)C(O)C(O)C2O)C(O)C1O)C(O)/C=C/CCCCCCCCCCCCCCCCCCCCCCCCCCCCCCCCC. The van der Waals surface area contributed by atoms with Crippen LogP contribution in [0, 0.1) is 0 Å². The molecule has 98 heavy (non-hydrogen) atoms. The Morgan fingerprint density at radius 1 is 0.378 bits per heavy atom. The smallest absolute Gasteiger partial charge is 0.220 e. The summed E-state index contributed by atoms with van der Waals surface area (Å²) >= 11 is 0. The Labute approximate surface area is 600 Å². The van der Waals surface area contributed by atoms with E-state index >= 15 is 0 Å². The first kappa shape index (κ1) is 91.8. The molecule has 12 atom stereocenters. The van der Waals surface area contributed by atoms with E-state index in [2.05, 4.69) is 67.8 Å². The van der Waals surface area contributed by atoms with Crippen LogP contribution in [-0.2, 0) is 23.7 Å². The average molecular weight is 1390 g/mol. The van der Waals surface area contributed by atoms with Gasteiger partial charge in [0.25, 0.3) is 0 Å². The number of unbranched alkanes of at least 4 members (excludes halogenated alkanes) is 49. The molecule has 2 fully saturated rings. The Morgan fingerprint density at radius 3 is 1.08 bits per heavy atom. The number of nitrogens with one attached hydrogen (secondary N) is 1. The quantitative estimate of drug-likeness (QED) is 0.0204. The highest BCUT2D eigenvalue weighted by atomic mass is 16.7. The minimum Gasteiger partial charge on any atom is -0.394 e. The molecule has 0 aliphatic carbocycles. The highest BCUT2D eigenvalue weighted by Gasteiger charge is 2.51. The molecule has 0 saturated carbocycles. The van der Waals surface area contributed by atoms with Gasteiger partial charge in [0.15, 0.2) is 12.6 Å². The highest BCUT2D eigenvalue weighted by molar-refractivity contribution is 5.76. The predicted molar refractivity (Wildman–Crippen MR) is 406 cm³/mol. The average Bonchev–Trinajstić information content (AvgIpc) is 0.793. The summed E-state index contributed by atoms with van der Waals surface area (Å²) in [5.41, 5.74) is 0. The van der Waals surface area contributed by atoms with Gasteiger partial charge in [0.2, 0.25) is 5.91 Å². The number of rotatable bonds is 70. The van der Waals surface area contributed by atoms with E-state index in [1.807, 2.05) is 6.08 Å². The number of allylic oxidation sites excluding steroid dienone is 9. The molecule has 2 heterocycles. The number of carbonyl (C=O) groups excluding carboxylic acids is 1. The lowest BCUT2D eigenvalue weighted by Gasteiger charge is -2.46. The fraction of sp³-hybridized carbons (Fsp3) is 0.869. The summed E-state index contributed by atoms with van der Waals surface area (Å²) in [5.74, 6) is -0.234. The summed E-state index contributed by atoms with van der Waals surface area (Å²) in [7, 11) is 0. The Kier molecular flexibility index (Phi) is 63.5. The second-order valence-electron chi connectivity index (χ2n) is 29.2. The fourth-order valence-corrected chi connectivity index (χ4v) is 13.7. The van der Waals surface area contributed by atoms with Gasteiger partial charge in [-0.25, -0.2) is 0 Å². The molecule has 2 aliphatic heterocycles. The third kappa shape index (κ3) is 50.2. The molecule has 2 rings (SSSR count). The van der Waals surface area contributed by atoms with Crippen molar-refractivity contribution in [3.63, 3.8) is 0 Å². The van der Waals surface area contributed by atoms with Crippen LogP contribution in [0.4, 0.5) is 0 Å². The zero-order valence-electron chi connectivity index (χ0n) is 63.0. The number of aliphatic hydroxyl groups excluding tert-OH is 8. The molecule has 1 amide bonds. The number of hydrogen-bond donors (Lipinski definition) is 9. The van der Waals surface area contributed by atoms with E-state index in [1.54, 1.807) is 6.08 Å². The van der Waals surface area contributed by atoms with E-state index < -0.39 is 86.8 Å². The van der Waals surface area contributed by atoms with Crippen LogP contribution in [0.25, 0.3) is 0 Å². The summed E-state index contributed by atoms with van der Waals surface area (Å²) in [6.07, 6.45) is 76.0. The van der Waals surface area contributed by atoms with E-state index in [9.17, 15) is 45.6 Å². The molecular formula is C84H155NO13. The number of ether oxygens (including phenoxy) is 4. The van der Waals surface area contributed by atoms with Crippen molar-refractivity contribution in [2.75, 3.05) is 19.8 Å². The molecular weight excluding hydrogens is 1230 g/mol. The molecule has 0 aromatic heterocycles. The first-order valence-electron chi connectivity index (χ1n) is 41.5. The van der Waals surface area contributed by atoms with Gasteiger partial charge < -0.3 is 65.1 Å². The highest BCUT2D eigenvalue weighted by Crippen LogP contribution is 2.30. The third-order valence-electron chi connectivity index (χ3n) is 20.2. The third-order valence-corrected chi connectivity index (χ3v) is 20.2. The van der Waals surface area contributed by atoms with Crippen molar-refractivity contribution in [1.29, 1.82) is 0 Å². The second kappa shape index (κ2) is 67.8. The predicted octanol–water partition coefficient (Wildman–Crippen LogP) is 19.1. The van der Waals surface area contributed by atoms with Crippen LogP contribution in [-0.4, -0.2) is 140 Å². The molecule has 0 radical (unpaired) electrons. The van der Waals surface area contributed by atoms with E-state index in [4.69, 9.17) is 18.9 Å². The molecule has 0 bridgehead atoms. The van der Waals surface area contributed by atoms with Crippen molar-refractivity contribution in [2.24, 2.45) is 0 Å². The van der Waals surface area contributed by atoms with Crippen LogP contribution in [0.1, 0.15) is 373 Å². The molecule has 14 nitrogen and oxygen atoms in total. The normalized spacial score (nSPS) is 22.3. The van der Waals surface area contributed by atoms with Gasteiger partial charge in [-0.05, 0) is 57.8 Å². The lowest BCUT2D eigenvalue weighted by Crippen LogP contribution is -2.65. The van der Waals surface area contributed by atoms with E-state index in [0.717, 1.165) is 64.2 Å². The minimum absolute atomic E-state index is 0.234. The number of amides is 1. The van der Waals surface area contributed by atoms with Gasteiger partial charge >= 0.3 is 0 Å². The Bertz CT molecular complexity index is 1880.